The number of aromatic nitrogens is 5. The molecule has 2 heterocycles. The number of phosphoric acid groups is 1. The number of methoxy groups -OCH3 is 1. The second-order valence-corrected chi connectivity index (χ2v) is 14.3. The Morgan fingerprint density at radius 3 is 2.46 bits per heavy atom. The van der Waals surface area contributed by atoms with Crippen LogP contribution in [0.3, 0.4) is 0 Å². The third kappa shape index (κ3) is 8.91. The van der Waals surface area contributed by atoms with Gasteiger partial charge in [-0.15, -0.1) is 10.2 Å². The number of para-hydroxylation sites is 1. The number of nitrogens with zero attached hydrogens (tertiary/aromatic N) is 6. The topological polar surface area (TPSA) is 221 Å². The SMILES string of the molecule is CNC(=O)c1cn(COC(=O)CC(C)(C)c2c(C)cc(C)cc2OP(=O)(O)O)/c(=N/C(=O)C2CC2)cc1Nc1cccc(-c2nnn(C)n2)c1OC. The lowest BCUT2D eigenvalue weighted by molar-refractivity contribution is -0.148. The Hall–Kier alpha value is -5.38. The Morgan fingerprint density at radius 1 is 1.12 bits per heavy atom. The number of tetrazole rings is 1. The van der Waals surface area contributed by atoms with Gasteiger partial charge in [-0.25, -0.2) is 4.57 Å². The van der Waals surface area contributed by atoms with Gasteiger partial charge in [-0.2, -0.15) is 9.79 Å². The molecule has 2 aromatic heterocycles. The molecule has 0 aliphatic heterocycles. The number of pyridine rings is 1. The highest BCUT2D eigenvalue weighted by Crippen LogP contribution is 2.45. The van der Waals surface area contributed by atoms with Gasteiger partial charge in [-0.1, -0.05) is 26.0 Å². The van der Waals surface area contributed by atoms with Crippen molar-refractivity contribution in [1.29, 1.82) is 0 Å². The first-order valence-electron chi connectivity index (χ1n) is 16.3. The van der Waals surface area contributed by atoms with Gasteiger partial charge in [0.25, 0.3) is 11.8 Å². The highest BCUT2D eigenvalue weighted by atomic mass is 31.2. The highest BCUT2D eigenvalue weighted by molar-refractivity contribution is 7.46. The number of benzene rings is 2. The Morgan fingerprint density at radius 2 is 1.85 bits per heavy atom. The Balaban J connectivity index is 1.49. The normalized spacial score (nSPS) is 13.4. The molecule has 0 atom stereocenters. The summed E-state index contributed by atoms with van der Waals surface area (Å²) in [5.74, 6) is -1.06. The van der Waals surface area contributed by atoms with Crippen LogP contribution in [0.2, 0.25) is 0 Å². The van der Waals surface area contributed by atoms with E-state index in [0.29, 0.717) is 46.8 Å². The standard InChI is InChI=1S/C34H41N8O9P/c1-19-13-20(2)29(26(14-19)51-52(46,47)48)34(3,4)16-28(43)50-18-42-17-23(33(45)35-5)25(15-27(42)37-32(44)21-11-12-21)36-24-10-8-9-22(30(24)49-7)31-38-40-41(6)39-31/h8-10,13-15,17,21,36H,11-12,16,18H2,1-7H3,(H,35,45)(H2,46,47,48)/b37-27+. The lowest BCUT2D eigenvalue weighted by Gasteiger charge is -2.29. The van der Waals surface area contributed by atoms with Crippen LogP contribution in [0.5, 0.6) is 11.5 Å². The van der Waals surface area contributed by atoms with E-state index in [1.54, 1.807) is 52.9 Å². The summed E-state index contributed by atoms with van der Waals surface area (Å²) in [6, 6.07) is 10.1. The largest absolute Gasteiger partial charge is 0.524 e. The summed E-state index contributed by atoms with van der Waals surface area (Å²) in [4.78, 5) is 64.3. The first-order valence-corrected chi connectivity index (χ1v) is 17.8. The lowest BCUT2D eigenvalue weighted by atomic mass is 9.78. The van der Waals surface area contributed by atoms with Crippen molar-refractivity contribution >= 4 is 37.0 Å². The van der Waals surface area contributed by atoms with E-state index in [2.05, 4.69) is 31.0 Å². The van der Waals surface area contributed by atoms with Gasteiger partial charge in [0.05, 0.1) is 43.1 Å². The van der Waals surface area contributed by atoms with E-state index >= 15 is 0 Å². The van der Waals surface area contributed by atoms with Crippen molar-refractivity contribution in [2.75, 3.05) is 19.5 Å². The van der Waals surface area contributed by atoms with E-state index in [-0.39, 0.29) is 40.7 Å². The molecule has 2 amide bonds. The molecule has 1 fully saturated rings. The fraction of sp³-hybridized carbons (Fsp3) is 0.382. The zero-order valence-corrected chi connectivity index (χ0v) is 30.7. The summed E-state index contributed by atoms with van der Waals surface area (Å²) in [5, 5.41) is 18.1. The number of anilines is 2. The minimum atomic E-state index is -4.90. The minimum absolute atomic E-state index is 0.0360. The number of carbonyl (C=O) groups is 3. The second kappa shape index (κ2) is 15.1. The van der Waals surface area contributed by atoms with Gasteiger partial charge in [0.1, 0.15) is 11.2 Å². The highest BCUT2D eigenvalue weighted by Gasteiger charge is 2.33. The number of ether oxygens (including phenoxy) is 2. The summed E-state index contributed by atoms with van der Waals surface area (Å²) < 4.78 is 29.6. The first kappa shape index (κ1) is 37.9. The molecular formula is C34H41N8O9P. The Bertz CT molecular complexity index is 2150. The number of nitrogens with one attached hydrogen (secondary N) is 2. The Labute approximate surface area is 299 Å². The number of carbonyl (C=O) groups excluding carboxylic acids is 3. The number of aryl methyl sites for hydroxylation is 3. The molecule has 17 nitrogen and oxygen atoms in total. The van der Waals surface area contributed by atoms with Gasteiger partial charge in [0, 0.05) is 36.2 Å². The second-order valence-electron chi connectivity index (χ2n) is 13.1. The minimum Gasteiger partial charge on any atom is -0.494 e. The van der Waals surface area contributed by atoms with Gasteiger partial charge >= 0.3 is 13.8 Å². The van der Waals surface area contributed by atoms with E-state index in [1.165, 1.54) is 41.9 Å². The molecule has 18 heteroatoms. The van der Waals surface area contributed by atoms with Crippen LogP contribution in [0.1, 0.15) is 60.2 Å². The van der Waals surface area contributed by atoms with Gasteiger partial charge in [0.15, 0.2) is 12.5 Å². The monoisotopic (exact) mass is 736 g/mol. The van der Waals surface area contributed by atoms with Gasteiger partial charge < -0.3 is 24.6 Å². The maximum absolute atomic E-state index is 13.4. The van der Waals surface area contributed by atoms with Gasteiger partial charge in [-0.05, 0) is 61.2 Å². The lowest BCUT2D eigenvalue weighted by Crippen LogP contribution is -2.30. The fourth-order valence-corrected chi connectivity index (χ4v) is 6.34. The zero-order valence-electron chi connectivity index (χ0n) is 29.8. The number of phosphoric ester groups is 1. The summed E-state index contributed by atoms with van der Waals surface area (Å²) in [6.07, 6.45) is 2.64. The molecule has 0 saturated heterocycles. The molecule has 2 aromatic carbocycles. The van der Waals surface area contributed by atoms with Crippen LogP contribution in [-0.4, -0.2) is 66.5 Å². The first-order chi connectivity index (χ1) is 24.5. The fourth-order valence-electron chi connectivity index (χ4n) is 5.94. The predicted molar refractivity (Wildman–Crippen MR) is 188 cm³/mol. The van der Waals surface area contributed by atoms with Crippen LogP contribution in [0.15, 0.2) is 47.6 Å². The van der Waals surface area contributed by atoms with Crippen molar-refractivity contribution in [2.24, 2.45) is 18.0 Å². The average molecular weight is 737 g/mol. The number of hydrogen-bond acceptors (Lipinski definition) is 11. The average Bonchev–Trinajstić information content (AvgIpc) is 3.82. The summed E-state index contributed by atoms with van der Waals surface area (Å²) in [6.45, 7) is 6.57. The van der Waals surface area contributed by atoms with Crippen molar-refractivity contribution in [3.8, 4) is 22.9 Å². The maximum atomic E-state index is 13.4. The number of amides is 2. The molecule has 0 spiro atoms. The third-order valence-electron chi connectivity index (χ3n) is 8.29. The summed E-state index contributed by atoms with van der Waals surface area (Å²) >= 11 is 0. The summed E-state index contributed by atoms with van der Waals surface area (Å²) in [5.41, 5.74) is 2.36. The van der Waals surface area contributed by atoms with Crippen LogP contribution in [0, 0.1) is 19.8 Å². The van der Waals surface area contributed by atoms with E-state index in [4.69, 9.17) is 14.0 Å². The molecule has 0 unspecified atom stereocenters. The van der Waals surface area contributed by atoms with Gasteiger partial charge in [0.2, 0.25) is 5.82 Å². The Kier molecular flexibility index (Phi) is 11.0. The number of rotatable bonds is 13. The molecule has 4 N–H and O–H groups in total. The smallest absolute Gasteiger partial charge is 0.494 e. The molecule has 1 aliphatic carbocycles. The van der Waals surface area contributed by atoms with E-state index < -0.39 is 31.8 Å². The van der Waals surface area contributed by atoms with Crippen LogP contribution in [0.25, 0.3) is 11.4 Å². The molecule has 276 valence electrons. The molecule has 52 heavy (non-hydrogen) atoms. The molecule has 1 aliphatic rings. The number of esters is 1. The van der Waals surface area contributed by atoms with Crippen molar-refractivity contribution in [3.63, 3.8) is 0 Å². The van der Waals surface area contributed by atoms with Crippen molar-refractivity contribution in [1.82, 2.24) is 30.1 Å². The molecule has 1 saturated carbocycles. The van der Waals surface area contributed by atoms with E-state index in [9.17, 15) is 28.7 Å². The van der Waals surface area contributed by atoms with Crippen LogP contribution in [-0.2, 0) is 38.1 Å². The van der Waals surface area contributed by atoms with Crippen molar-refractivity contribution in [3.05, 3.63) is 70.3 Å². The summed E-state index contributed by atoms with van der Waals surface area (Å²) in [7, 11) is -0.323. The molecule has 0 bridgehead atoms. The van der Waals surface area contributed by atoms with Crippen LogP contribution < -0.4 is 25.4 Å². The van der Waals surface area contributed by atoms with E-state index in [0.717, 1.165) is 5.56 Å². The van der Waals surface area contributed by atoms with Crippen LogP contribution >= 0.6 is 7.82 Å². The van der Waals surface area contributed by atoms with Crippen molar-refractivity contribution in [2.45, 2.75) is 59.1 Å². The van der Waals surface area contributed by atoms with Crippen molar-refractivity contribution < 1.29 is 42.7 Å². The molecule has 5 rings (SSSR count). The quantitative estimate of drug-likeness (QED) is 0.114. The third-order valence-corrected chi connectivity index (χ3v) is 8.73. The van der Waals surface area contributed by atoms with Crippen LogP contribution in [0.4, 0.5) is 11.4 Å². The molecule has 4 aromatic rings. The number of hydrogen-bond donors (Lipinski definition) is 4. The maximum Gasteiger partial charge on any atom is 0.524 e. The molecular weight excluding hydrogens is 695 g/mol. The van der Waals surface area contributed by atoms with E-state index in [1.807, 2.05) is 6.07 Å². The predicted octanol–water partition coefficient (Wildman–Crippen LogP) is 3.58. The molecule has 0 radical (unpaired) electrons. The zero-order chi connectivity index (χ0) is 38.0. The van der Waals surface area contributed by atoms with Gasteiger partial charge in [-0.3, -0.25) is 28.7 Å².